The SMILES string of the molecule is Cc1ccc2cc1CNC(=O)[C@H](CCc1ccccc1)NC(=O)[C@@H](NC(=O)CCOCCCC1CC1)CC(=O)N1CCCC(CCO2)C1. The van der Waals surface area contributed by atoms with Gasteiger partial charge < -0.3 is 30.3 Å². The minimum atomic E-state index is -1.12. The molecule has 1 unspecified atom stereocenters. The topological polar surface area (TPSA) is 126 Å². The van der Waals surface area contributed by atoms with Crippen molar-refractivity contribution in [1.29, 1.82) is 0 Å². The maximum Gasteiger partial charge on any atom is 0.243 e. The first-order valence-electron chi connectivity index (χ1n) is 17.8. The molecular formula is C38H52N4O6. The second-order valence-electron chi connectivity index (χ2n) is 13.6. The predicted octanol–water partition coefficient (Wildman–Crippen LogP) is 4.22. The summed E-state index contributed by atoms with van der Waals surface area (Å²) in [6, 6.07) is 13.7. The number of carbonyl (C=O) groups excluding carboxylic acids is 4. The Morgan fingerprint density at radius 2 is 1.83 bits per heavy atom. The maximum atomic E-state index is 13.9. The van der Waals surface area contributed by atoms with E-state index in [1.54, 1.807) is 4.90 Å². The standard InChI is InChI=1S/C38H52N4O6/c1-27-11-15-32-23-31(27)25-39-37(45)33(16-14-28-7-3-2-4-8-28)41-38(46)34(40-35(43)18-21-47-20-6-10-29-12-13-29)24-36(44)42-19-5-9-30(26-42)17-22-48-32/h2-4,7-8,11,15,23,29-30,33-34H,5-6,9-10,12-14,16-22,24-26H2,1H3,(H,39,45)(H,40,43)(H,41,46)/t30?,33-,34-/m0/s1. The zero-order valence-electron chi connectivity index (χ0n) is 28.3. The number of hydrogen-bond acceptors (Lipinski definition) is 6. The molecule has 10 heteroatoms. The molecule has 2 aromatic rings. The van der Waals surface area contributed by atoms with E-state index in [2.05, 4.69) is 16.0 Å². The molecule has 260 valence electrons. The third-order valence-electron chi connectivity index (χ3n) is 9.74. The summed E-state index contributed by atoms with van der Waals surface area (Å²) in [5, 5.41) is 8.71. The monoisotopic (exact) mass is 660 g/mol. The third-order valence-corrected chi connectivity index (χ3v) is 9.74. The number of amides is 4. The van der Waals surface area contributed by atoms with Crippen molar-refractivity contribution in [2.45, 2.75) is 96.2 Å². The molecule has 0 radical (unpaired) electrons. The largest absolute Gasteiger partial charge is 0.494 e. The maximum absolute atomic E-state index is 13.9. The summed E-state index contributed by atoms with van der Waals surface area (Å²) < 4.78 is 11.8. The Kier molecular flexibility index (Phi) is 13.3. The fraction of sp³-hybridized carbons (Fsp3) is 0.579. The average Bonchev–Trinajstić information content (AvgIpc) is 3.92. The Balaban J connectivity index is 1.31. The number of rotatable bonds is 11. The number of hydrogen-bond donors (Lipinski definition) is 3. The van der Waals surface area contributed by atoms with Gasteiger partial charge in [-0.25, -0.2) is 0 Å². The Hall–Kier alpha value is -3.92. The van der Waals surface area contributed by atoms with Crippen LogP contribution in [-0.2, 0) is 36.9 Å². The number of nitrogens with one attached hydrogen (secondary N) is 3. The molecule has 2 fully saturated rings. The molecule has 3 atom stereocenters. The lowest BCUT2D eigenvalue weighted by Crippen LogP contribution is -2.55. The van der Waals surface area contributed by atoms with Crippen LogP contribution in [0.15, 0.2) is 48.5 Å². The molecule has 3 N–H and O–H groups in total. The van der Waals surface area contributed by atoms with E-state index in [-0.39, 0.29) is 49.6 Å². The molecule has 2 heterocycles. The van der Waals surface area contributed by atoms with Crippen molar-refractivity contribution in [3.8, 4) is 5.75 Å². The van der Waals surface area contributed by atoms with Crippen LogP contribution in [0.3, 0.4) is 0 Å². The fourth-order valence-electron chi connectivity index (χ4n) is 6.53. The molecule has 4 bridgehead atoms. The summed E-state index contributed by atoms with van der Waals surface area (Å²) in [4.78, 5) is 56.0. The number of ether oxygens (including phenoxy) is 2. The highest BCUT2D eigenvalue weighted by molar-refractivity contribution is 5.95. The van der Waals surface area contributed by atoms with Crippen LogP contribution in [0.25, 0.3) is 0 Å². The lowest BCUT2D eigenvalue weighted by atomic mass is 9.94. The second-order valence-corrected chi connectivity index (χ2v) is 13.6. The molecule has 5 rings (SSSR count). The summed E-state index contributed by atoms with van der Waals surface area (Å²) in [5.74, 6) is 0.437. The van der Waals surface area contributed by atoms with E-state index < -0.39 is 18.0 Å². The molecule has 0 aromatic heterocycles. The molecule has 3 aliphatic rings. The van der Waals surface area contributed by atoms with Gasteiger partial charge in [0.05, 0.1) is 19.6 Å². The van der Waals surface area contributed by atoms with Gasteiger partial charge in [-0.1, -0.05) is 49.2 Å². The molecule has 4 amide bonds. The highest BCUT2D eigenvalue weighted by Gasteiger charge is 2.32. The number of piperidine rings is 1. The Bertz CT molecular complexity index is 1380. The minimum Gasteiger partial charge on any atom is -0.494 e. The quantitative estimate of drug-likeness (QED) is 0.310. The Labute approximate surface area is 284 Å². The van der Waals surface area contributed by atoms with Crippen molar-refractivity contribution in [1.82, 2.24) is 20.9 Å². The van der Waals surface area contributed by atoms with Gasteiger partial charge in [-0.15, -0.1) is 0 Å². The van der Waals surface area contributed by atoms with Gasteiger partial charge in [0.2, 0.25) is 23.6 Å². The molecule has 0 spiro atoms. The van der Waals surface area contributed by atoms with Crippen LogP contribution in [0, 0.1) is 18.8 Å². The summed E-state index contributed by atoms with van der Waals surface area (Å²) in [7, 11) is 0. The van der Waals surface area contributed by atoms with Gasteiger partial charge in [0.25, 0.3) is 0 Å². The van der Waals surface area contributed by atoms with Gasteiger partial charge in [-0.2, -0.15) is 0 Å². The third kappa shape index (κ3) is 11.4. The van der Waals surface area contributed by atoms with Crippen LogP contribution in [0.2, 0.25) is 0 Å². The Morgan fingerprint density at radius 3 is 2.65 bits per heavy atom. The summed E-state index contributed by atoms with van der Waals surface area (Å²) in [5.41, 5.74) is 3.00. The molecule has 1 saturated heterocycles. The normalized spacial score (nSPS) is 22.5. The number of benzene rings is 2. The Morgan fingerprint density at radius 1 is 1.00 bits per heavy atom. The van der Waals surface area contributed by atoms with E-state index in [1.165, 1.54) is 12.8 Å². The van der Waals surface area contributed by atoms with Crippen molar-refractivity contribution in [3.63, 3.8) is 0 Å². The first-order chi connectivity index (χ1) is 23.3. The van der Waals surface area contributed by atoms with Gasteiger partial charge in [0, 0.05) is 32.7 Å². The first kappa shape index (κ1) is 35.4. The fourth-order valence-corrected chi connectivity index (χ4v) is 6.53. The highest BCUT2D eigenvalue weighted by atomic mass is 16.5. The van der Waals surface area contributed by atoms with Crippen LogP contribution in [-0.4, -0.2) is 73.5 Å². The molecular weight excluding hydrogens is 608 g/mol. The zero-order chi connectivity index (χ0) is 33.7. The minimum absolute atomic E-state index is 0.0868. The predicted molar refractivity (Wildman–Crippen MR) is 183 cm³/mol. The number of aryl methyl sites for hydroxylation is 2. The van der Waals surface area contributed by atoms with Crippen LogP contribution in [0.4, 0.5) is 0 Å². The van der Waals surface area contributed by atoms with Gasteiger partial charge in [-0.05, 0) is 92.5 Å². The van der Waals surface area contributed by atoms with Crippen LogP contribution >= 0.6 is 0 Å². The number of nitrogens with zero attached hydrogens (tertiary/aromatic N) is 1. The first-order valence-corrected chi connectivity index (χ1v) is 17.8. The van der Waals surface area contributed by atoms with Gasteiger partial charge in [-0.3, -0.25) is 19.2 Å². The molecule has 10 nitrogen and oxygen atoms in total. The van der Waals surface area contributed by atoms with Crippen molar-refractivity contribution >= 4 is 23.6 Å². The van der Waals surface area contributed by atoms with E-state index in [9.17, 15) is 19.2 Å². The van der Waals surface area contributed by atoms with Gasteiger partial charge >= 0.3 is 0 Å². The lowest BCUT2D eigenvalue weighted by Gasteiger charge is -2.34. The van der Waals surface area contributed by atoms with E-state index in [4.69, 9.17) is 9.47 Å². The zero-order valence-corrected chi connectivity index (χ0v) is 28.3. The summed E-state index contributed by atoms with van der Waals surface area (Å²) in [6.45, 7) is 4.83. The number of fused-ring (bicyclic) bond motifs is 4. The van der Waals surface area contributed by atoms with Crippen molar-refractivity contribution in [2.24, 2.45) is 11.8 Å². The van der Waals surface area contributed by atoms with E-state index >= 15 is 0 Å². The van der Waals surface area contributed by atoms with E-state index in [0.717, 1.165) is 60.5 Å². The van der Waals surface area contributed by atoms with Crippen LogP contribution in [0.5, 0.6) is 5.75 Å². The van der Waals surface area contributed by atoms with Gasteiger partial charge in [0.1, 0.15) is 17.8 Å². The molecule has 2 aromatic carbocycles. The summed E-state index contributed by atoms with van der Waals surface area (Å²) >= 11 is 0. The van der Waals surface area contributed by atoms with Crippen molar-refractivity contribution in [2.75, 3.05) is 32.9 Å². The van der Waals surface area contributed by atoms with Crippen molar-refractivity contribution < 1.29 is 28.7 Å². The molecule has 1 saturated carbocycles. The highest BCUT2D eigenvalue weighted by Crippen LogP contribution is 2.33. The van der Waals surface area contributed by atoms with Gasteiger partial charge in [0.15, 0.2) is 0 Å². The molecule has 2 aliphatic heterocycles. The van der Waals surface area contributed by atoms with E-state index in [1.807, 2.05) is 55.5 Å². The smallest absolute Gasteiger partial charge is 0.243 e. The second kappa shape index (κ2) is 18.0. The number of carbonyl (C=O) groups is 4. The van der Waals surface area contributed by atoms with Crippen LogP contribution in [0.1, 0.15) is 80.9 Å². The molecule has 1 aliphatic carbocycles. The van der Waals surface area contributed by atoms with Crippen molar-refractivity contribution in [3.05, 3.63) is 65.2 Å². The average molecular weight is 661 g/mol. The van der Waals surface area contributed by atoms with Crippen LogP contribution < -0.4 is 20.7 Å². The van der Waals surface area contributed by atoms with E-state index in [0.29, 0.717) is 39.1 Å². The molecule has 48 heavy (non-hydrogen) atoms. The lowest BCUT2D eigenvalue weighted by molar-refractivity contribution is -0.138. The summed E-state index contributed by atoms with van der Waals surface area (Å²) in [6.07, 6.45) is 8.23.